The minimum Gasteiger partial charge on any atom is -0.343 e. The largest absolute Gasteiger partial charge is 0.343 e. The van der Waals surface area contributed by atoms with Crippen molar-refractivity contribution in [3.05, 3.63) is 66.0 Å². The lowest BCUT2D eigenvalue weighted by molar-refractivity contribution is -0.137. The van der Waals surface area contributed by atoms with Gasteiger partial charge in [0, 0.05) is 38.6 Å². The quantitative estimate of drug-likeness (QED) is 0.226. The first-order chi connectivity index (χ1) is 19.8. The molecule has 9 heteroatoms. The zero-order valence-electron chi connectivity index (χ0n) is 24.6. The Morgan fingerprint density at radius 2 is 1.59 bits per heavy atom. The summed E-state index contributed by atoms with van der Waals surface area (Å²) in [5.41, 5.74) is 0.646. The van der Waals surface area contributed by atoms with Crippen LogP contribution < -0.4 is 0 Å². The molecule has 0 aliphatic carbocycles. The Morgan fingerprint density at radius 3 is 2.24 bits per heavy atom. The predicted octanol–water partition coefficient (Wildman–Crippen LogP) is 6.00. The second kappa shape index (κ2) is 16.6. The summed E-state index contributed by atoms with van der Waals surface area (Å²) < 4.78 is 42.0. The molecule has 2 aromatic carbocycles. The molecule has 1 heterocycles. The van der Waals surface area contributed by atoms with Gasteiger partial charge in [-0.05, 0) is 55.5 Å². The Bertz CT molecular complexity index is 1200. The molecule has 0 saturated carbocycles. The van der Waals surface area contributed by atoms with Crippen LogP contribution in [-0.4, -0.2) is 66.6 Å². The van der Waals surface area contributed by atoms with Crippen LogP contribution in [0.4, 0.5) is 4.39 Å². The molecule has 2 amide bonds. The third-order valence-electron chi connectivity index (χ3n) is 7.73. The van der Waals surface area contributed by atoms with E-state index >= 15 is 0 Å². The summed E-state index contributed by atoms with van der Waals surface area (Å²) in [5, 5.41) is 0. The van der Waals surface area contributed by atoms with E-state index in [0.717, 1.165) is 19.3 Å². The first-order valence-electron chi connectivity index (χ1n) is 15.1. The van der Waals surface area contributed by atoms with E-state index in [4.69, 9.17) is 0 Å². The normalized spacial score (nSPS) is 14.4. The summed E-state index contributed by atoms with van der Waals surface area (Å²) in [4.78, 5) is 30.3. The number of carbonyl (C=O) groups excluding carboxylic acids is 2. The molecule has 226 valence electrons. The van der Waals surface area contributed by atoms with Gasteiger partial charge >= 0.3 is 0 Å². The number of nitrogens with zero attached hydrogens (tertiary/aromatic N) is 3. The molecule has 0 N–H and O–H groups in total. The number of likely N-dealkylation sites (tertiary alicyclic amines) is 1. The van der Waals surface area contributed by atoms with Crippen molar-refractivity contribution < 1.29 is 22.4 Å². The molecule has 0 atom stereocenters. The third kappa shape index (κ3) is 9.92. The number of sulfonamides is 1. The Hall–Kier alpha value is -2.78. The number of benzene rings is 2. The van der Waals surface area contributed by atoms with Crippen LogP contribution in [0.2, 0.25) is 0 Å². The number of carbonyl (C=O) groups is 2. The standard InChI is InChI=1S/C32H46FN3O4S/c1-3-5-6-7-8-12-18-31(37)34-22-19-29(20-23-34)36(25-27-14-13-15-28(33)24-27)32(38)26-35(21-4-2)41(39,40)30-16-10-9-11-17-30/h9-11,13-17,24,29H,3-8,12,18-23,25-26H2,1-2H3. The van der Waals surface area contributed by atoms with Crippen LogP contribution in [0, 0.1) is 5.82 Å². The van der Waals surface area contributed by atoms with Crippen LogP contribution in [0.15, 0.2) is 59.5 Å². The van der Waals surface area contributed by atoms with E-state index in [9.17, 15) is 22.4 Å². The van der Waals surface area contributed by atoms with Gasteiger partial charge in [0.2, 0.25) is 21.8 Å². The van der Waals surface area contributed by atoms with Gasteiger partial charge in [0.05, 0.1) is 11.4 Å². The average Bonchev–Trinajstić information content (AvgIpc) is 2.98. The van der Waals surface area contributed by atoms with E-state index in [-0.39, 0.29) is 48.2 Å². The van der Waals surface area contributed by atoms with E-state index < -0.39 is 10.0 Å². The Kier molecular flexibility index (Phi) is 13.3. The molecule has 0 aromatic heterocycles. The molecule has 0 spiro atoms. The monoisotopic (exact) mass is 587 g/mol. The Labute approximate surface area is 245 Å². The Balaban J connectivity index is 1.69. The van der Waals surface area contributed by atoms with Gasteiger partial charge < -0.3 is 9.80 Å². The van der Waals surface area contributed by atoms with E-state index in [1.165, 1.54) is 47.8 Å². The summed E-state index contributed by atoms with van der Waals surface area (Å²) in [6.07, 6.45) is 9.09. The highest BCUT2D eigenvalue weighted by molar-refractivity contribution is 7.89. The number of hydrogen-bond donors (Lipinski definition) is 0. The minimum atomic E-state index is -3.87. The van der Waals surface area contributed by atoms with Crippen LogP contribution in [0.3, 0.4) is 0 Å². The fraction of sp³-hybridized carbons (Fsp3) is 0.562. The Morgan fingerprint density at radius 1 is 0.902 bits per heavy atom. The number of piperidine rings is 1. The highest BCUT2D eigenvalue weighted by Gasteiger charge is 2.33. The maximum Gasteiger partial charge on any atom is 0.243 e. The van der Waals surface area contributed by atoms with Crippen molar-refractivity contribution in [2.24, 2.45) is 0 Å². The first-order valence-corrected chi connectivity index (χ1v) is 16.6. The van der Waals surface area contributed by atoms with Gasteiger partial charge in [-0.2, -0.15) is 4.31 Å². The summed E-state index contributed by atoms with van der Waals surface area (Å²) in [7, 11) is -3.87. The molecule has 3 rings (SSSR count). The lowest BCUT2D eigenvalue weighted by atomic mass is 10.0. The summed E-state index contributed by atoms with van der Waals surface area (Å²) in [6, 6.07) is 14.1. The molecule has 0 unspecified atom stereocenters. The molecule has 41 heavy (non-hydrogen) atoms. The van der Waals surface area contributed by atoms with E-state index in [0.29, 0.717) is 44.3 Å². The molecule has 1 fully saturated rings. The molecular formula is C32H46FN3O4S. The predicted molar refractivity (Wildman–Crippen MR) is 160 cm³/mol. The second-order valence-electron chi connectivity index (χ2n) is 10.9. The molecule has 1 aliphatic rings. The molecule has 0 bridgehead atoms. The molecular weight excluding hydrogens is 541 g/mol. The second-order valence-corrected chi connectivity index (χ2v) is 12.9. The van der Waals surface area contributed by atoms with Crippen molar-refractivity contribution in [2.75, 3.05) is 26.2 Å². The maximum absolute atomic E-state index is 14.0. The van der Waals surface area contributed by atoms with Crippen LogP contribution in [0.5, 0.6) is 0 Å². The van der Waals surface area contributed by atoms with E-state index in [1.54, 1.807) is 35.2 Å². The molecule has 0 radical (unpaired) electrons. The summed E-state index contributed by atoms with van der Waals surface area (Å²) >= 11 is 0. The molecule has 1 aliphatic heterocycles. The molecule has 7 nitrogen and oxygen atoms in total. The SMILES string of the molecule is CCCCCCCCC(=O)N1CCC(N(Cc2cccc(F)c2)C(=O)CN(CCC)S(=O)(=O)c2ccccc2)CC1. The zero-order valence-corrected chi connectivity index (χ0v) is 25.5. The van der Waals surface area contributed by atoms with E-state index in [1.807, 2.05) is 11.8 Å². The lowest BCUT2D eigenvalue weighted by Gasteiger charge is -2.39. The van der Waals surface area contributed by atoms with Gasteiger partial charge in [-0.1, -0.05) is 76.3 Å². The van der Waals surface area contributed by atoms with Crippen molar-refractivity contribution in [3.63, 3.8) is 0 Å². The fourth-order valence-electron chi connectivity index (χ4n) is 5.41. The van der Waals surface area contributed by atoms with Gasteiger partial charge in [-0.25, -0.2) is 12.8 Å². The van der Waals surface area contributed by atoms with Crippen molar-refractivity contribution in [3.8, 4) is 0 Å². The molecule has 2 aromatic rings. The average molecular weight is 588 g/mol. The highest BCUT2D eigenvalue weighted by atomic mass is 32.2. The number of unbranched alkanes of at least 4 members (excludes halogenated alkanes) is 5. The topological polar surface area (TPSA) is 78.0 Å². The van der Waals surface area contributed by atoms with Crippen LogP contribution in [0.1, 0.15) is 83.6 Å². The van der Waals surface area contributed by atoms with Crippen molar-refractivity contribution >= 4 is 21.8 Å². The summed E-state index contributed by atoms with van der Waals surface area (Å²) in [6.45, 7) is 5.26. The number of rotatable bonds is 16. The van der Waals surface area contributed by atoms with Gasteiger partial charge in [-0.3, -0.25) is 9.59 Å². The van der Waals surface area contributed by atoms with Gasteiger partial charge in [0.15, 0.2) is 0 Å². The van der Waals surface area contributed by atoms with Gasteiger partial charge in [0.25, 0.3) is 0 Å². The van der Waals surface area contributed by atoms with Crippen molar-refractivity contribution in [2.45, 2.75) is 95.5 Å². The molecule has 1 saturated heterocycles. The highest BCUT2D eigenvalue weighted by Crippen LogP contribution is 2.23. The van der Waals surface area contributed by atoms with Gasteiger partial charge in [-0.15, -0.1) is 0 Å². The minimum absolute atomic E-state index is 0.148. The number of amides is 2. The lowest BCUT2D eigenvalue weighted by Crippen LogP contribution is -2.51. The maximum atomic E-state index is 14.0. The number of halogens is 1. The smallest absolute Gasteiger partial charge is 0.243 e. The fourth-order valence-corrected chi connectivity index (χ4v) is 6.91. The van der Waals surface area contributed by atoms with Gasteiger partial charge in [0.1, 0.15) is 5.82 Å². The summed E-state index contributed by atoms with van der Waals surface area (Å²) in [5.74, 6) is -0.548. The van der Waals surface area contributed by atoms with Crippen molar-refractivity contribution in [1.82, 2.24) is 14.1 Å². The van der Waals surface area contributed by atoms with E-state index in [2.05, 4.69) is 6.92 Å². The van der Waals surface area contributed by atoms with Crippen LogP contribution in [-0.2, 0) is 26.2 Å². The zero-order chi connectivity index (χ0) is 29.7. The third-order valence-corrected chi connectivity index (χ3v) is 9.59. The van der Waals surface area contributed by atoms with Crippen LogP contribution in [0.25, 0.3) is 0 Å². The van der Waals surface area contributed by atoms with Crippen molar-refractivity contribution in [1.29, 1.82) is 0 Å². The first kappa shape index (κ1) is 32.7. The van der Waals surface area contributed by atoms with Crippen LogP contribution >= 0.6 is 0 Å². The number of hydrogen-bond acceptors (Lipinski definition) is 4.